The molecule has 0 aliphatic heterocycles. The fraction of sp³-hybridized carbons (Fsp3) is 0.381. The summed E-state index contributed by atoms with van der Waals surface area (Å²) in [5, 5.41) is 7.32. The van der Waals surface area contributed by atoms with E-state index in [0.717, 1.165) is 18.5 Å². The molecular formula is C21H26N2S. The number of nitrogens with one attached hydrogen (secondary N) is 1. The zero-order valence-corrected chi connectivity index (χ0v) is 15.7. The summed E-state index contributed by atoms with van der Waals surface area (Å²) in [6.07, 6.45) is 14.7. The lowest BCUT2D eigenvalue weighted by atomic mass is 9.74. The van der Waals surface area contributed by atoms with Crippen LogP contribution in [0.25, 0.3) is 10.6 Å². The van der Waals surface area contributed by atoms with Crippen molar-refractivity contribution in [2.75, 3.05) is 0 Å². The standard InChI is InChI=1S/C21H26N2S/c1-5-7-15(8-6-2)13-19-16-9-11-21(3,4)14-17(16)20(24-19)18-10-12-22-23-18/h5-8,10,12H,1,9,11,13-14H2,2-4H3,(H,22,23)/b8-6-,15-7+. The minimum Gasteiger partial charge on any atom is -0.277 e. The molecule has 0 spiro atoms. The van der Waals surface area contributed by atoms with Gasteiger partial charge in [-0.3, -0.25) is 5.10 Å². The summed E-state index contributed by atoms with van der Waals surface area (Å²) in [6, 6.07) is 2.09. The predicted molar refractivity (Wildman–Crippen MR) is 105 cm³/mol. The number of aromatic nitrogens is 2. The number of hydrogen-bond donors (Lipinski definition) is 1. The van der Waals surface area contributed by atoms with Crippen molar-refractivity contribution in [1.82, 2.24) is 10.2 Å². The van der Waals surface area contributed by atoms with Crippen LogP contribution in [0.2, 0.25) is 0 Å². The molecule has 2 aromatic heterocycles. The second-order valence-corrected chi connectivity index (χ2v) is 8.38. The Morgan fingerprint density at radius 2 is 2.25 bits per heavy atom. The van der Waals surface area contributed by atoms with E-state index in [1.807, 2.05) is 23.6 Å². The van der Waals surface area contributed by atoms with Gasteiger partial charge in [0.05, 0.1) is 10.6 Å². The summed E-state index contributed by atoms with van der Waals surface area (Å²) in [4.78, 5) is 2.88. The molecule has 0 aromatic carbocycles. The van der Waals surface area contributed by atoms with Gasteiger partial charge in [0.1, 0.15) is 0 Å². The Bertz CT molecular complexity index is 773. The fourth-order valence-corrected chi connectivity index (χ4v) is 4.90. The number of nitrogens with zero attached hydrogens (tertiary/aromatic N) is 1. The molecule has 0 radical (unpaired) electrons. The highest BCUT2D eigenvalue weighted by atomic mass is 32.1. The van der Waals surface area contributed by atoms with Crippen LogP contribution < -0.4 is 0 Å². The molecule has 0 fully saturated rings. The maximum Gasteiger partial charge on any atom is 0.0752 e. The minimum absolute atomic E-state index is 0.378. The lowest BCUT2D eigenvalue weighted by molar-refractivity contribution is 0.316. The van der Waals surface area contributed by atoms with Gasteiger partial charge < -0.3 is 0 Å². The average Bonchev–Trinajstić information content (AvgIpc) is 3.15. The van der Waals surface area contributed by atoms with Crippen LogP contribution in [-0.4, -0.2) is 10.2 Å². The van der Waals surface area contributed by atoms with E-state index in [2.05, 4.69) is 61.8 Å². The highest BCUT2D eigenvalue weighted by Crippen LogP contribution is 2.45. The van der Waals surface area contributed by atoms with Gasteiger partial charge >= 0.3 is 0 Å². The van der Waals surface area contributed by atoms with Crippen LogP contribution >= 0.6 is 11.3 Å². The van der Waals surface area contributed by atoms with Gasteiger partial charge in [-0.05, 0) is 54.4 Å². The quantitative estimate of drug-likeness (QED) is 0.677. The summed E-state index contributed by atoms with van der Waals surface area (Å²) in [5.74, 6) is 0. The van der Waals surface area contributed by atoms with Gasteiger partial charge in [0, 0.05) is 17.5 Å². The van der Waals surface area contributed by atoms with Gasteiger partial charge in [0.25, 0.3) is 0 Å². The Hall–Kier alpha value is -1.87. The van der Waals surface area contributed by atoms with E-state index in [1.54, 1.807) is 5.56 Å². The van der Waals surface area contributed by atoms with Crippen molar-refractivity contribution in [2.45, 2.75) is 46.5 Å². The first-order valence-corrected chi connectivity index (χ1v) is 9.43. The van der Waals surface area contributed by atoms with E-state index in [9.17, 15) is 0 Å². The third-order valence-electron chi connectivity index (χ3n) is 4.73. The average molecular weight is 339 g/mol. The minimum atomic E-state index is 0.378. The molecule has 0 atom stereocenters. The summed E-state index contributed by atoms with van der Waals surface area (Å²) in [7, 11) is 0. The number of thiophene rings is 1. The van der Waals surface area contributed by atoms with Gasteiger partial charge in [-0.2, -0.15) is 5.10 Å². The molecule has 0 saturated heterocycles. The first-order valence-electron chi connectivity index (χ1n) is 8.61. The van der Waals surface area contributed by atoms with E-state index in [1.165, 1.54) is 33.7 Å². The van der Waals surface area contributed by atoms with Crippen LogP contribution in [0.1, 0.15) is 43.2 Å². The van der Waals surface area contributed by atoms with Crippen molar-refractivity contribution in [2.24, 2.45) is 5.41 Å². The molecule has 0 amide bonds. The van der Waals surface area contributed by atoms with Crippen LogP contribution in [-0.2, 0) is 19.3 Å². The van der Waals surface area contributed by atoms with E-state index in [4.69, 9.17) is 0 Å². The van der Waals surface area contributed by atoms with Gasteiger partial charge in [-0.1, -0.05) is 44.7 Å². The van der Waals surface area contributed by atoms with E-state index < -0.39 is 0 Å². The van der Waals surface area contributed by atoms with E-state index in [-0.39, 0.29) is 0 Å². The van der Waals surface area contributed by atoms with Gasteiger partial charge in [0.15, 0.2) is 0 Å². The number of aromatic amines is 1. The van der Waals surface area contributed by atoms with Crippen molar-refractivity contribution < 1.29 is 0 Å². The molecule has 3 heteroatoms. The van der Waals surface area contributed by atoms with Crippen LogP contribution in [0, 0.1) is 5.41 Å². The SMILES string of the molecule is C=C/C=C(\C=C/C)Cc1sc(-c2ccn[nH]2)c2c1CCC(C)(C)C2. The van der Waals surface area contributed by atoms with Crippen LogP contribution in [0.15, 0.2) is 48.7 Å². The number of H-pyrrole nitrogens is 1. The molecule has 126 valence electrons. The topological polar surface area (TPSA) is 28.7 Å². The summed E-state index contributed by atoms with van der Waals surface area (Å²) >= 11 is 1.93. The molecule has 24 heavy (non-hydrogen) atoms. The van der Waals surface area contributed by atoms with E-state index in [0.29, 0.717) is 5.41 Å². The summed E-state index contributed by atoms with van der Waals surface area (Å²) in [5.41, 5.74) is 5.96. The monoisotopic (exact) mass is 338 g/mol. The first-order chi connectivity index (χ1) is 11.5. The number of rotatable bonds is 5. The largest absolute Gasteiger partial charge is 0.277 e. The van der Waals surface area contributed by atoms with Crippen molar-refractivity contribution in [3.8, 4) is 10.6 Å². The molecule has 1 aliphatic rings. The molecule has 2 nitrogen and oxygen atoms in total. The molecule has 2 aromatic rings. The zero-order chi connectivity index (χ0) is 17.2. The van der Waals surface area contributed by atoms with Crippen molar-refractivity contribution >= 4 is 11.3 Å². The Morgan fingerprint density at radius 3 is 2.92 bits per heavy atom. The van der Waals surface area contributed by atoms with Crippen LogP contribution in [0.3, 0.4) is 0 Å². The molecule has 0 saturated carbocycles. The second kappa shape index (κ2) is 6.94. The molecule has 1 aliphatic carbocycles. The third kappa shape index (κ3) is 3.46. The van der Waals surface area contributed by atoms with Gasteiger partial charge in [-0.25, -0.2) is 0 Å². The first kappa shape index (κ1) is 17.0. The van der Waals surface area contributed by atoms with Crippen LogP contribution in [0.4, 0.5) is 0 Å². The highest BCUT2D eigenvalue weighted by molar-refractivity contribution is 7.15. The fourth-order valence-electron chi connectivity index (χ4n) is 3.53. The Balaban J connectivity index is 2.05. The molecule has 3 rings (SSSR count). The third-order valence-corrected chi connectivity index (χ3v) is 6.04. The summed E-state index contributed by atoms with van der Waals surface area (Å²) in [6.45, 7) is 10.7. The number of allylic oxidation sites excluding steroid dienone is 5. The lowest BCUT2D eigenvalue weighted by Gasteiger charge is -2.30. The molecule has 1 N–H and O–H groups in total. The molecule has 2 heterocycles. The van der Waals surface area contributed by atoms with Crippen molar-refractivity contribution in [3.05, 3.63) is 64.7 Å². The maximum atomic E-state index is 4.16. The second-order valence-electron chi connectivity index (χ2n) is 7.28. The Morgan fingerprint density at radius 1 is 1.42 bits per heavy atom. The van der Waals surface area contributed by atoms with Gasteiger partial charge in [0.2, 0.25) is 0 Å². The van der Waals surface area contributed by atoms with E-state index >= 15 is 0 Å². The summed E-state index contributed by atoms with van der Waals surface area (Å²) < 4.78 is 0. The maximum absolute atomic E-state index is 4.16. The predicted octanol–water partition coefficient (Wildman–Crippen LogP) is 5.88. The normalized spacial score (nSPS) is 17.2. The van der Waals surface area contributed by atoms with Crippen LogP contribution in [0.5, 0.6) is 0 Å². The van der Waals surface area contributed by atoms with Gasteiger partial charge in [-0.15, -0.1) is 11.3 Å². The number of fused-ring (bicyclic) bond motifs is 1. The Kier molecular flexibility index (Phi) is 4.91. The molecule has 0 bridgehead atoms. The van der Waals surface area contributed by atoms with Crippen molar-refractivity contribution in [1.29, 1.82) is 0 Å². The zero-order valence-electron chi connectivity index (χ0n) is 14.9. The highest BCUT2D eigenvalue weighted by Gasteiger charge is 2.31. The smallest absolute Gasteiger partial charge is 0.0752 e. The van der Waals surface area contributed by atoms with Crippen molar-refractivity contribution in [3.63, 3.8) is 0 Å². The lowest BCUT2D eigenvalue weighted by Crippen LogP contribution is -2.22. The molecular weight excluding hydrogens is 312 g/mol. The Labute approximate surface area is 149 Å². The number of hydrogen-bond acceptors (Lipinski definition) is 2. The molecule has 0 unspecified atom stereocenters.